The molecule has 0 radical (unpaired) electrons. The third-order valence-electron chi connectivity index (χ3n) is 7.23. The molecule has 0 unspecified atom stereocenters. The van der Waals surface area contributed by atoms with Crippen molar-refractivity contribution in [2.24, 2.45) is 7.05 Å². The van der Waals surface area contributed by atoms with Crippen molar-refractivity contribution in [3.8, 4) is 17.0 Å². The predicted octanol–water partition coefficient (Wildman–Crippen LogP) is 3.61. The van der Waals surface area contributed by atoms with Crippen molar-refractivity contribution < 1.29 is 13.2 Å². The molecule has 1 saturated heterocycles. The quantitative estimate of drug-likeness (QED) is 0.247. The Kier molecular flexibility index (Phi) is 9.61. The number of rotatable bonds is 11. The highest BCUT2D eigenvalue weighted by Gasteiger charge is 2.30. The van der Waals surface area contributed by atoms with Gasteiger partial charge in [-0.3, -0.25) is 13.9 Å². The van der Waals surface area contributed by atoms with Gasteiger partial charge in [0.25, 0.3) is 5.56 Å². The van der Waals surface area contributed by atoms with Crippen LogP contribution in [0.3, 0.4) is 0 Å². The summed E-state index contributed by atoms with van der Waals surface area (Å²) in [4.78, 5) is 31.7. The second kappa shape index (κ2) is 12.6. The molecule has 0 aliphatic carbocycles. The van der Waals surface area contributed by atoms with Gasteiger partial charge in [0.1, 0.15) is 11.3 Å². The summed E-state index contributed by atoms with van der Waals surface area (Å²) in [6.45, 7) is 10.2. The number of aromatic nitrogens is 3. The van der Waals surface area contributed by atoms with Gasteiger partial charge in [-0.1, -0.05) is 26.7 Å². The number of benzene rings is 1. The van der Waals surface area contributed by atoms with E-state index in [2.05, 4.69) is 39.4 Å². The molecular weight excluding hydrogens is 633 g/mol. The molecule has 39 heavy (non-hydrogen) atoms. The SMILES string of the molecule is CCCCCN1CCN(S(=O)(=O)c2ccc(OCC)c(-c3[nH]c4c(=O)n(C)c(=O)n(CCC)c4c3I)c2)CC1. The van der Waals surface area contributed by atoms with Crippen LogP contribution < -0.4 is 16.0 Å². The van der Waals surface area contributed by atoms with Crippen LogP contribution in [0.5, 0.6) is 5.75 Å². The Balaban J connectivity index is 1.77. The van der Waals surface area contributed by atoms with E-state index in [1.807, 2.05) is 13.8 Å². The van der Waals surface area contributed by atoms with Gasteiger partial charge in [0.2, 0.25) is 10.0 Å². The van der Waals surface area contributed by atoms with E-state index in [-0.39, 0.29) is 10.6 Å². The third kappa shape index (κ3) is 5.84. The van der Waals surface area contributed by atoms with Gasteiger partial charge in [0, 0.05) is 45.3 Å². The zero-order valence-electron chi connectivity index (χ0n) is 23.1. The molecule has 214 valence electrons. The lowest BCUT2D eigenvalue weighted by atomic mass is 10.1. The number of hydrogen-bond acceptors (Lipinski definition) is 6. The minimum absolute atomic E-state index is 0.175. The minimum Gasteiger partial charge on any atom is -0.493 e. The standard InChI is InChI=1S/C27H38IN5O5S/c1-5-8-9-13-31-14-16-32(17-15-31)39(36,37)19-10-11-21(38-7-3)20(18-19)23-22(28)25-24(29-23)26(34)30(4)27(35)33(25)12-6-2/h10-11,18,29H,5-9,12-17H2,1-4H3. The summed E-state index contributed by atoms with van der Waals surface area (Å²) in [7, 11) is -2.28. The maximum absolute atomic E-state index is 13.7. The monoisotopic (exact) mass is 671 g/mol. The molecule has 0 spiro atoms. The number of H-pyrrole nitrogens is 1. The molecule has 1 aromatic carbocycles. The van der Waals surface area contributed by atoms with Crippen LogP contribution in [-0.4, -0.2) is 71.1 Å². The fraction of sp³-hybridized carbons (Fsp3) is 0.556. The normalized spacial score (nSPS) is 15.3. The number of ether oxygens (including phenoxy) is 1. The minimum atomic E-state index is -3.74. The molecule has 4 rings (SSSR count). The van der Waals surface area contributed by atoms with Crippen molar-refractivity contribution in [2.45, 2.75) is 57.9 Å². The second-order valence-electron chi connectivity index (χ2n) is 9.88. The fourth-order valence-corrected chi connectivity index (χ4v) is 7.53. The summed E-state index contributed by atoms with van der Waals surface area (Å²) < 4.78 is 38.2. The predicted molar refractivity (Wildman–Crippen MR) is 162 cm³/mol. The van der Waals surface area contributed by atoms with Gasteiger partial charge >= 0.3 is 5.69 Å². The van der Waals surface area contributed by atoms with Gasteiger partial charge in [-0.25, -0.2) is 13.2 Å². The van der Waals surface area contributed by atoms with Gasteiger partial charge in [0.05, 0.1) is 26.3 Å². The van der Waals surface area contributed by atoms with E-state index in [0.29, 0.717) is 77.4 Å². The number of hydrogen-bond donors (Lipinski definition) is 1. The fourth-order valence-electron chi connectivity index (χ4n) is 5.10. The molecule has 3 aromatic rings. The number of nitrogens with one attached hydrogen (secondary N) is 1. The largest absolute Gasteiger partial charge is 0.493 e. The van der Waals surface area contributed by atoms with Gasteiger partial charge in [-0.15, -0.1) is 0 Å². The maximum Gasteiger partial charge on any atom is 0.331 e. The number of piperazine rings is 1. The first-order chi connectivity index (χ1) is 18.6. The van der Waals surface area contributed by atoms with Crippen LogP contribution in [0, 0.1) is 3.57 Å². The van der Waals surface area contributed by atoms with Crippen molar-refractivity contribution in [2.75, 3.05) is 39.3 Å². The third-order valence-corrected chi connectivity index (χ3v) is 10.2. The molecular formula is C27H38IN5O5S. The van der Waals surface area contributed by atoms with Gasteiger partial charge in [-0.2, -0.15) is 4.31 Å². The molecule has 1 N–H and O–H groups in total. The highest BCUT2D eigenvalue weighted by Crippen LogP contribution is 2.37. The van der Waals surface area contributed by atoms with Crippen LogP contribution in [0.25, 0.3) is 22.3 Å². The van der Waals surface area contributed by atoms with Crippen molar-refractivity contribution in [1.29, 1.82) is 0 Å². The number of fused-ring (bicyclic) bond motifs is 1. The number of aromatic amines is 1. The number of sulfonamides is 1. The summed E-state index contributed by atoms with van der Waals surface area (Å²) >= 11 is 2.12. The number of aryl methyl sites for hydroxylation is 1. The maximum atomic E-state index is 13.7. The Labute approximate surface area is 243 Å². The first-order valence-electron chi connectivity index (χ1n) is 13.7. The Bertz CT molecular complexity index is 1550. The smallest absolute Gasteiger partial charge is 0.331 e. The average molecular weight is 672 g/mol. The van der Waals surface area contributed by atoms with Crippen LogP contribution in [-0.2, 0) is 23.6 Å². The Hall–Kier alpha value is -2.16. The highest BCUT2D eigenvalue weighted by atomic mass is 127. The van der Waals surface area contributed by atoms with E-state index >= 15 is 0 Å². The zero-order chi connectivity index (χ0) is 28.3. The second-order valence-corrected chi connectivity index (χ2v) is 12.9. The molecule has 2 aromatic heterocycles. The molecule has 10 nitrogen and oxygen atoms in total. The molecule has 1 fully saturated rings. The van der Waals surface area contributed by atoms with E-state index in [4.69, 9.17) is 4.74 Å². The Morgan fingerprint density at radius 2 is 1.72 bits per heavy atom. The van der Waals surface area contributed by atoms with E-state index in [1.165, 1.54) is 13.5 Å². The average Bonchev–Trinajstić information content (AvgIpc) is 3.27. The van der Waals surface area contributed by atoms with Crippen LogP contribution >= 0.6 is 22.6 Å². The topological polar surface area (TPSA) is 110 Å². The summed E-state index contributed by atoms with van der Waals surface area (Å²) in [5.74, 6) is 0.503. The summed E-state index contributed by atoms with van der Waals surface area (Å²) in [5, 5.41) is 0. The zero-order valence-corrected chi connectivity index (χ0v) is 26.1. The molecule has 0 atom stereocenters. The van der Waals surface area contributed by atoms with Gasteiger partial charge < -0.3 is 14.6 Å². The molecule has 3 heterocycles. The molecule has 1 aliphatic rings. The molecule has 0 bridgehead atoms. The van der Waals surface area contributed by atoms with Crippen LogP contribution in [0.2, 0.25) is 0 Å². The summed E-state index contributed by atoms with van der Waals surface area (Å²) in [6.07, 6.45) is 4.19. The van der Waals surface area contributed by atoms with E-state index in [1.54, 1.807) is 27.1 Å². The lowest BCUT2D eigenvalue weighted by Gasteiger charge is -2.34. The van der Waals surface area contributed by atoms with Crippen LogP contribution in [0.1, 0.15) is 46.5 Å². The van der Waals surface area contributed by atoms with Crippen molar-refractivity contribution in [3.05, 3.63) is 42.6 Å². The van der Waals surface area contributed by atoms with Crippen LogP contribution in [0.15, 0.2) is 32.7 Å². The molecule has 0 amide bonds. The van der Waals surface area contributed by atoms with Gasteiger partial charge in [-0.05, 0) is 67.1 Å². The summed E-state index contributed by atoms with van der Waals surface area (Å²) in [5.41, 5.74) is 1.11. The number of unbranched alkanes of at least 4 members (excludes halogenated alkanes) is 2. The lowest BCUT2D eigenvalue weighted by molar-refractivity contribution is 0.185. The Morgan fingerprint density at radius 1 is 1.00 bits per heavy atom. The Morgan fingerprint density at radius 3 is 2.36 bits per heavy atom. The molecule has 12 heteroatoms. The van der Waals surface area contributed by atoms with E-state index in [9.17, 15) is 18.0 Å². The first-order valence-corrected chi connectivity index (χ1v) is 16.2. The van der Waals surface area contributed by atoms with E-state index < -0.39 is 15.6 Å². The van der Waals surface area contributed by atoms with Gasteiger partial charge in [0.15, 0.2) is 0 Å². The molecule has 0 saturated carbocycles. The molecule has 1 aliphatic heterocycles. The first kappa shape index (κ1) is 29.8. The van der Waals surface area contributed by atoms with Crippen molar-refractivity contribution in [1.82, 2.24) is 23.3 Å². The number of nitrogens with zero attached hydrogens (tertiary/aromatic N) is 4. The lowest BCUT2D eigenvalue weighted by Crippen LogP contribution is -2.48. The van der Waals surface area contributed by atoms with Crippen molar-refractivity contribution in [3.63, 3.8) is 0 Å². The van der Waals surface area contributed by atoms with Crippen LogP contribution in [0.4, 0.5) is 0 Å². The highest BCUT2D eigenvalue weighted by molar-refractivity contribution is 14.1. The van der Waals surface area contributed by atoms with E-state index in [0.717, 1.165) is 24.0 Å². The van der Waals surface area contributed by atoms with Crippen molar-refractivity contribution >= 4 is 43.6 Å². The summed E-state index contributed by atoms with van der Waals surface area (Å²) in [6, 6.07) is 4.87. The number of halogens is 1.